The van der Waals surface area contributed by atoms with Crippen molar-refractivity contribution in [3.8, 4) is 0 Å². The summed E-state index contributed by atoms with van der Waals surface area (Å²) in [5.74, 6) is -0.745. The Balaban J connectivity index is 1.46. The number of pyridine rings is 1. The van der Waals surface area contributed by atoms with E-state index in [2.05, 4.69) is 10.3 Å². The largest absolute Gasteiger partial charge is 0.394 e. The second-order valence-corrected chi connectivity index (χ2v) is 7.88. The molecule has 0 spiro atoms. The second-order valence-electron chi connectivity index (χ2n) is 7.88. The van der Waals surface area contributed by atoms with E-state index in [4.69, 9.17) is 0 Å². The van der Waals surface area contributed by atoms with Crippen molar-refractivity contribution in [2.24, 2.45) is 0 Å². The van der Waals surface area contributed by atoms with Crippen LogP contribution in [-0.2, 0) is 0 Å². The highest BCUT2D eigenvalue weighted by atomic mass is 19.1. The zero-order valence-electron chi connectivity index (χ0n) is 17.1. The van der Waals surface area contributed by atoms with Crippen molar-refractivity contribution in [3.63, 3.8) is 0 Å². The third-order valence-electron chi connectivity index (χ3n) is 6.15. The van der Waals surface area contributed by atoms with E-state index in [0.717, 1.165) is 11.3 Å². The topological polar surface area (TPSA) is 85.8 Å². The number of amides is 3. The molecule has 0 aliphatic carbocycles. The lowest BCUT2D eigenvalue weighted by Gasteiger charge is -2.58. The number of nitrogens with one attached hydrogen (secondary N) is 1. The van der Waals surface area contributed by atoms with E-state index in [-0.39, 0.29) is 42.9 Å². The van der Waals surface area contributed by atoms with Crippen LogP contribution in [0.2, 0.25) is 0 Å². The number of benzene rings is 2. The van der Waals surface area contributed by atoms with Gasteiger partial charge in [0.05, 0.1) is 18.7 Å². The summed E-state index contributed by atoms with van der Waals surface area (Å²) >= 11 is 0. The molecule has 3 atom stereocenters. The first kappa shape index (κ1) is 20.1. The van der Waals surface area contributed by atoms with Crippen LogP contribution in [0.3, 0.4) is 0 Å². The molecule has 7 nitrogen and oxygen atoms in total. The fraction of sp³-hybridized carbons (Fsp3) is 0.208. The van der Waals surface area contributed by atoms with Gasteiger partial charge in [-0.05, 0) is 48.0 Å². The number of halogens is 1. The highest BCUT2D eigenvalue weighted by Gasteiger charge is 2.55. The van der Waals surface area contributed by atoms with E-state index in [0.29, 0.717) is 11.4 Å². The van der Waals surface area contributed by atoms with E-state index in [1.807, 2.05) is 24.3 Å². The summed E-state index contributed by atoms with van der Waals surface area (Å²) in [6.45, 7) is 0.0830. The normalized spacial score (nSPS) is 21.2. The van der Waals surface area contributed by atoms with Crippen LogP contribution in [0.5, 0.6) is 0 Å². The molecule has 3 aromatic rings. The Bertz CT molecular complexity index is 1160. The quantitative estimate of drug-likeness (QED) is 0.665. The molecule has 0 saturated carbocycles. The van der Waals surface area contributed by atoms with Gasteiger partial charge in [0, 0.05) is 30.0 Å². The van der Waals surface area contributed by atoms with Crippen molar-refractivity contribution in [2.75, 3.05) is 23.4 Å². The molecular formula is C24H21FN4O3. The minimum atomic E-state index is -0.391. The van der Waals surface area contributed by atoms with Gasteiger partial charge in [-0.1, -0.05) is 24.3 Å². The Morgan fingerprint density at radius 3 is 2.53 bits per heavy atom. The highest BCUT2D eigenvalue weighted by molar-refractivity contribution is 6.03. The lowest BCUT2D eigenvalue weighted by atomic mass is 9.72. The number of aromatic nitrogens is 1. The minimum Gasteiger partial charge on any atom is -0.394 e. The number of urea groups is 1. The Morgan fingerprint density at radius 1 is 1.06 bits per heavy atom. The fourth-order valence-corrected chi connectivity index (χ4v) is 4.70. The molecule has 2 aromatic carbocycles. The number of likely N-dealkylation sites (tertiary alicyclic amines) is 1. The van der Waals surface area contributed by atoms with Crippen LogP contribution in [0.15, 0.2) is 72.9 Å². The van der Waals surface area contributed by atoms with Gasteiger partial charge >= 0.3 is 6.03 Å². The first-order chi connectivity index (χ1) is 15.6. The number of aliphatic hydroxyl groups is 1. The van der Waals surface area contributed by atoms with Crippen LogP contribution in [0, 0.1) is 5.82 Å². The smallest absolute Gasteiger partial charge is 0.326 e. The molecule has 3 heterocycles. The van der Waals surface area contributed by atoms with Gasteiger partial charge in [0.25, 0.3) is 5.91 Å². The van der Waals surface area contributed by atoms with Crippen LogP contribution in [-0.4, -0.2) is 52.2 Å². The monoisotopic (exact) mass is 432 g/mol. The number of aliphatic hydroxyl groups excluding tert-OH is 1. The van der Waals surface area contributed by atoms with E-state index >= 15 is 0 Å². The Morgan fingerprint density at radius 2 is 1.81 bits per heavy atom. The number of carbonyl (C=O) groups is 2. The molecule has 32 heavy (non-hydrogen) atoms. The number of anilines is 2. The maximum absolute atomic E-state index is 13.2. The van der Waals surface area contributed by atoms with Crippen LogP contribution >= 0.6 is 0 Å². The van der Waals surface area contributed by atoms with E-state index in [1.165, 1.54) is 24.3 Å². The van der Waals surface area contributed by atoms with Crippen LogP contribution in [0.4, 0.5) is 20.6 Å². The first-order valence-electron chi connectivity index (χ1n) is 10.4. The predicted molar refractivity (Wildman–Crippen MR) is 117 cm³/mol. The molecule has 2 N–H and O–H groups in total. The molecule has 2 aliphatic heterocycles. The number of rotatable bonds is 3. The van der Waals surface area contributed by atoms with Gasteiger partial charge in [-0.25, -0.2) is 9.18 Å². The van der Waals surface area contributed by atoms with Gasteiger partial charge in [-0.3, -0.25) is 14.7 Å². The van der Waals surface area contributed by atoms with Crippen LogP contribution in [0.1, 0.15) is 22.0 Å². The fourth-order valence-electron chi connectivity index (χ4n) is 4.70. The first-order valence-corrected chi connectivity index (χ1v) is 10.4. The molecule has 1 aromatic heterocycles. The van der Waals surface area contributed by atoms with Crippen LogP contribution < -0.4 is 10.2 Å². The maximum atomic E-state index is 13.2. The van der Waals surface area contributed by atoms with Crippen LogP contribution in [0.25, 0.3) is 0 Å². The van der Waals surface area contributed by atoms with Crippen molar-refractivity contribution in [1.82, 2.24) is 9.88 Å². The average Bonchev–Trinajstić information content (AvgIpc) is 2.81. The zero-order chi connectivity index (χ0) is 22.2. The minimum absolute atomic E-state index is 0.0845. The summed E-state index contributed by atoms with van der Waals surface area (Å²) in [5.41, 5.74) is 2.41. The molecule has 3 amide bonds. The van der Waals surface area contributed by atoms with E-state index in [9.17, 15) is 19.1 Å². The summed E-state index contributed by atoms with van der Waals surface area (Å²) in [6.07, 6.45) is 1.55. The molecule has 0 unspecified atom stereocenters. The van der Waals surface area contributed by atoms with Gasteiger partial charge in [0.2, 0.25) is 0 Å². The summed E-state index contributed by atoms with van der Waals surface area (Å²) < 4.78 is 13.2. The Hall–Kier alpha value is -3.78. The number of hydrogen-bond donors (Lipinski definition) is 2. The average molecular weight is 432 g/mol. The summed E-state index contributed by atoms with van der Waals surface area (Å²) in [4.78, 5) is 33.7. The molecule has 162 valence electrons. The van der Waals surface area contributed by atoms with E-state index < -0.39 is 6.04 Å². The van der Waals surface area contributed by atoms with Crippen molar-refractivity contribution < 1.29 is 19.1 Å². The number of fused-ring (bicyclic) bond motifs is 3. The number of carbonyl (C=O) groups excluding carboxylic acids is 2. The Labute approximate surface area is 184 Å². The number of para-hydroxylation sites is 1. The van der Waals surface area contributed by atoms with Crippen molar-refractivity contribution in [3.05, 3.63) is 90.0 Å². The predicted octanol–water partition coefficient (Wildman–Crippen LogP) is 3.24. The summed E-state index contributed by atoms with van der Waals surface area (Å²) in [6, 6.07) is 17.1. The van der Waals surface area contributed by atoms with Gasteiger partial charge in [0.15, 0.2) is 0 Å². The van der Waals surface area contributed by atoms with Gasteiger partial charge in [-0.2, -0.15) is 0 Å². The number of nitrogens with zero attached hydrogens (tertiary/aromatic N) is 3. The summed E-state index contributed by atoms with van der Waals surface area (Å²) in [5, 5.41) is 12.9. The molecule has 0 bridgehead atoms. The third-order valence-corrected chi connectivity index (χ3v) is 6.15. The third kappa shape index (κ3) is 3.29. The van der Waals surface area contributed by atoms with E-state index in [1.54, 1.807) is 34.2 Å². The lowest BCUT2D eigenvalue weighted by Crippen LogP contribution is -2.71. The molecule has 2 aliphatic rings. The molecule has 1 fully saturated rings. The van der Waals surface area contributed by atoms with Gasteiger partial charge in [-0.15, -0.1) is 0 Å². The van der Waals surface area contributed by atoms with Crippen molar-refractivity contribution in [2.45, 2.75) is 18.0 Å². The maximum Gasteiger partial charge on any atom is 0.326 e. The lowest BCUT2D eigenvalue weighted by molar-refractivity contribution is -0.0245. The van der Waals surface area contributed by atoms with Gasteiger partial charge in [0.1, 0.15) is 11.5 Å². The van der Waals surface area contributed by atoms with Gasteiger partial charge < -0.3 is 15.3 Å². The second kappa shape index (κ2) is 8.05. The number of hydrogen-bond acceptors (Lipinski definition) is 4. The Kier molecular flexibility index (Phi) is 5.07. The molecule has 1 saturated heterocycles. The van der Waals surface area contributed by atoms with Crippen molar-refractivity contribution in [1.29, 1.82) is 0 Å². The molecule has 8 heteroatoms. The zero-order valence-corrected chi connectivity index (χ0v) is 17.1. The SMILES string of the molecule is O=C(Nc1ccc(F)cc1)N1C[C@H]2[C@@H](c3ccccc31)[C@H](CO)N2C(=O)c1ccccn1. The summed E-state index contributed by atoms with van der Waals surface area (Å²) in [7, 11) is 0. The molecular weight excluding hydrogens is 411 g/mol. The molecule has 0 radical (unpaired) electrons. The van der Waals surface area contributed by atoms with Crippen molar-refractivity contribution >= 4 is 23.3 Å². The molecule has 5 rings (SSSR count). The standard InChI is InChI=1S/C24H21FN4O3/c25-15-8-10-16(11-9-15)27-24(32)28-13-20-22(17-5-1-2-7-19(17)28)21(14-30)29(20)23(31)18-6-3-4-12-26-18/h1-12,20-22,30H,13-14H2,(H,27,32)/t20-,21-,22+/m0/s1. The highest BCUT2D eigenvalue weighted by Crippen LogP contribution is 2.48.